The number of benzene rings is 1. The predicted octanol–water partition coefficient (Wildman–Crippen LogP) is 2.46. The van der Waals surface area contributed by atoms with Gasteiger partial charge in [-0.1, -0.05) is 6.07 Å². The standard InChI is InChI=1S/C12H14FN3S/c1-8-7-17-12(16-8)6-15-5-9-2-3-10(14)4-11(9)13/h2-4,7,15H,5-6,14H2,1H3. The number of nitrogens with one attached hydrogen (secondary N) is 1. The monoisotopic (exact) mass is 251 g/mol. The molecule has 1 aromatic carbocycles. The van der Waals surface area contributed by atoms with Gasteiger partial charge in [0.05, 0.1) is 0 Å². The van der Waals surface area contributed by atoms with Gasteiger partial charge in [0, 0.05) is 35.4 Å². The highest BCUT2D eigenvalue weighted by Gasteiger charge is 2.03. The third kappa shape index (κ3) is 3.25. The molecule has 3 N–H and O–H groups in total. The molecule has 17 heavy (non-hydrogen) atoms. The van der Waals surface area contributed by atoms with E-state index >= 15 is 0 Å². The summed E-state index contributed by atoms with van der Waals surface area (Å²) >= 11 is 1.60. The van der Waals surface area contributed by atoms with Gasteiger partial charge in [0.2, 0.25) is 0 Å². The molecule has 0 radical (unpaired) electrons. The molecule has 2 aromatic rings. The minimum absolute atomic E-state index is 0.271. The van der Waals surface area contributed by atoms with Gasteiger partial charge in [0.1, 0.15) is 10.8 Å². The second kappa shape index (κ2) is 5.25. The fourth-order valence-electron chi connectivity index (χ4n) is 1.49. The summed E-state index contributed by atoms with van der Waals surface area (Å²) in [6, 6.07) is 4.74. The fourth-order valence-corrected chi connectivity index (χ4v) is 2.24. The molecule has 0 fully saturated rings. The van der Waals surface area contributed by atoms with Crippen LogP contribution in [-0.4, -0.2) is 4.98 Å². The minimum atomic E-state index is -0.271. The van der Waals surface area contributed by atoms with E-state index in [4.69, 9.17) is 5.73 Å². The van der Waals surface area contributed by atoms with Gasteiger partial charge in [0.15, 0.2) is 0 Å². The van der Waals surface area contributed by atoms with Crippen LogP contribution in [0.15, 0.2) is 23.6 Å². The van der Waals surface area contributed by atoms with Crippen molar-refractivity contribution in [3.63, 3.8) is 0 Å². The largest absolute Gasteiger partial charge is 0.399 e. The van der Waals surface area contributed by atoms with Gasteiger partial charge in [-0.2, -0.15) is 0 Å². The second-order valence-electron chi connectivity index (χ2n) is 3.84. The van der Waals surface area contributed by atoms with Gasteiger partial charge < -0.3 is 11.1 Å². The highest BCUT2D eigenvalue weighted by molar-refractivity contribution is 7.09. The topological polar surface area (TPSA) is 50.9 Å². The Morgan fingerprint density at radius 2 is 2.24 bits per heavy atom. The Morgan fingerprint density at radius 3 is 2.88 bits per heavy atom. The van der Waals surface area contributed by atoms with E-state index in [1.165, 1.54) is 6.07 Å². The fraction of sp³-hybridized carbons (Fsp3) is 0.250. The quantitative estimate of drug-likeness (QED) is 0.821. The predicted molar refractivity (Wildman–Crippen MR) is 68.2 cm³/mol. The molecule has 5 heteroatoms. The van der Waals surface area contributed by atoms with E-state index < -0.39 is 0 Å². The molecule has 90 valence electrons. The number of aryl methyl sites for hydroxylation is 1. The molecule has 0 spiro atoms. The number of thiazole rings is 1. The van der Waals surface area contributed by atoms with Gasteiger partial charge in [-0.05, 0) is 19.1 Å². The van der Waals surface area contributed by atoms with E-state index in [1.54, 1.807) is 23.5 Å². The smallest absolute Gasteiger partial charge is 0.129 e. The van der Waals surface area contributed by atoms with Crippen LogP contribution in [0.25, 0.3) is 0 Å². The van der Waals surface area contributed by atoms with Crippen LogP contribution in [0.2, 0.25) is 0 Å². The molecule has 3 nitrogen and oxygen atoms in total. The molecule has 2 rings (SSSR count). The normalized spacial score (nSPS) is 10.7. The van der Waals surface area contributed by atoms with E-state index in [1.807, 2.05) is 12.3 Å². The Kier molecular flexibility index (Phi) is 3.71. The number of rotatable bonds is 4. The van der Waals surface area contributed by atoms with Crippen molar-refractivity contribution in [2.75, 3.05) is 5.73 Å². The molecule has 1 aromatic heterocycles. The first kappa shape index (κ1) is 12.0. The summed E-state index contributed by atoms with van der Waals surface area (Å²) in [7, 11) is 0. The molecule has 1 heterocycles. The highest BCUT2D eigenvalue weighted by atomic mass is 32.1. The molecule has 0 atom stereocenters. The molecule has 0 saturated carbocycles. The number of anilines is 1. The minimum Gasteiger partial charge on any atom is -0.399 e. The van der Waals surface area contributed by atoms with E-state index in [-0.39, 0.29) is 5.82 Å². The van der Waals surface area contributed by atoms with Gasteiger partial charge >= 0.3 is 0 Å². The van der Waals surface area contributed by atoms with Gasteiger partial charge in [-0.15, -0.1) is 11.3 Å². The lowest BCUT2D eigenvalue weighted by atomic mass is 10.2. The summed E-state index contributed by atoms with van der Waals surface area (Å²) in [6.45, 7) is 3.09. The number of nitrogens with two attached hydrogens (primary N) is 1. The number of hydrogen-bond acceptors (Lipinski definition) is 4. The lowest BCUT2D eigenvalue weighted by Crippen LogP contribution is -2.13. The van der Waals surface area contributed by atoms with Crippen molar-refractivity contribution in [3.05, 3.63) is 45.7 Å². The number of halogens is 1. The number of aromatic nitrogens is 1. The first-order valence-electron chi connectivity index (χ1n) is 5.31. The Balaban J connectivity index is 1.90. The van der Waals surface area contributed by atoms with Gasteiger partial charge in [0.25, 0.3) is 0 Å². The van der Waals surface area contributed by atoms with Crippen molar-refractivity contribution in [3.8, 4) is 0 Å². The first-order chi connectivity index (χ1) is 8.15. The number of nitrogen functional groups attached to an aromatic ring is 1. The zero-order valence-corrected chi connectivity index (χ0v) is 10.4. The maximum absolute atomic E-state index is 13.4. The molecule has 0 saturated heterocycles. The molecule has 0 bridgehead atoms. The second-order valence-corrected chi connectivity index (χ2v) is 4.78. The van der Waals surface area contributed by atoms with E-state index in [0.717, 1.165) is 10.7 Å². The third-order valence-corrected chi connectivity index (χ3v) is 3.30. The van der Waals surface area contributed by atoms with Gasteiger partial charge in [-0.3, -0.25) is 0 Å². The van der Waals surface area contributed by atoms with E-state index in [0.29, 0.717) is 24.3 Å². The average Bonchev–Trinajstić information content (AvgIpc) is 2.68. The number of nitrogens with zero attached hydrogens (tertiary/aromatic N) is 1. The van der Waals surface area contributed by atoms with Crippen molar-refractivity contribution >= 4 is 17.0 Å². The summed E-state index contributed by atoms with van der Waals surface area (Å²) in [5.41, 5.74) is 7.56. The van der Waals surface area contributed by atoms with Crippen LogP contribution in [0.4, 0.5) is 10.1 Å². The molecular formula is C12H14FN3S. The molecular weight excluding hydrogens is 237 g/mol. The van der Waals surface area contributed by atoms with Crippen LogP contribution < -0.4 is 11.1 Å². The molecule has 0 aliphatic heterocycles. The molecule has 0 aliphatic rings. The summed E-state index contributed by atoms with van der Waals surface area (Å²) in [6.07, 6.45) is 0. The maximum atomic E-state index is 13.4. The highest BCUT2D eigenvalue weighted by Crippen LogP contribution is 2.12. The van der Waals surface area contributed by atoms with Crippen LogP contribution >= 0.6 is 11.3 Å². The lowest BCUT2D eigenvalue weighted by molar-refractivity contribution is 0.588. The summed E-state index contributed by atoms with van der Waals surface area (Å²) in [4.78, 5) is 4.32. The Bertz CT molecular complexity index is 510. The van der Waals surface area contributed by atoms with Crippen LogP contribution in [0, 0.1) is 12.7 Å². The summed E-state index contributed by atoms with van der Waals surface area (Å²) < 4.78 is 13.4. The lowest BCUT2D eigenvalue weighted by Gasteiger charge is -2.05. The van der Waals surface area contributed by atoms with Crippen molar-refractivity contribution in [1.29, 1.82) is 0 Å². The van der Waals surface area contributed by atoms with Crippen LogP contribution in [0.3, 0.4) is 0 Å². The SMILES string of the molecule is Cc1csc(CNCc2ccc(N)cc2F)n1. The summed E-state index contributed by atoms with van der Waals surface area (Å²) in [5, 5.41) is 6.17. The molecule has 0 unspecified atom stereocenters. The van der Waals surface area contributed by atoms with Crippen molar-refractivity contribution in [2.45, 2.75) is 20.0 Å². The summed E-state index contributed by atoms with van der Waals surface area (Å²) in [5.74, 6) is -0.271. The van der Waals surface area contributed by atoms with Gasteiger partial charge in [-0.25, -0.2) is 9.37 Å². The van der Waals surface area contributed by atoms with Crippen LogP contribution in [-0.2, 0) is 13.1 Å². The number of hydrogen-bond donors (Lipinski definition) is 2. The third-order valence-electron chi connectivity index (χ3n) is 2.34. The zero-order chi connectivity index (χ0) is 12.3. The zero-order valence-electron chi connectivity index (χ0n) is 9.53. The van der Waals surface area contributed by atoms with Crippen molar-refractivity contribution < 1.29 is 4.39 Å². The maximum Gasteiger partial charge on any atom is 0.129 e. The Morgan fingerprint density at radius 1 is 1.41 bits per heavy atom. The molecule has 0 amide bonds. The Hall–Kier alpha value is -1.46. The van der Waals surface area contributed by atoms with E-state index in [2.05, 4.69) is 10.3 Å². The average molecular weight is 251 g/mol. The molecule has 0 aliphatic carbocycles. The van der Waals surface area contributed by atoms with Crippen LogP contribution in [0.1, 0.15) is 16.3 Å². The van der Waals surface area contributed by atoms with E-state index in [9.17, 15) is 4.39 Å². The van der Waals surface area contributed by atoms with Crippen molar-refractivity contribution in [1.82, 2.24) is 10.3 Å². The van der Waals surface area contributed by atoms with Crippen LogP contribution in [0.5, 0.6) is 0 Å². The van der Waals surface area contributed by atoms with Crippen molar-refractivity contribution in [2.24, 2.45) is 0 Å². The first-order valence-corrected chi connectivity index (χ1v) is 6.19. The Labute approximate surface area is 103 Å².